The second-order valence-corrected chi connectivity index (χ2v) is 15.9. The molecular weight excluding hydrogens is 809 g/mol. The number of aromatic nitrogens is 5. The van der Waals surface area contributed by atoms with E-state index < -0.39 is 57.9 Å². The first kappa shape index (κ1) is 39.5. The predicted molar refractivity (Wildman–Crippen MR) is 223 cm³/mol. The Hall–Kier alpha value is -6.94. The number of hydrogen-bond donors (Lipinski definition) is 2. The Labute approximate surface area is 351 Å². The average molecular weight is 848 g/mol. The Kier molecular flexibility index (Phi) is 9.49. The van der Waals surface area contributed by atoms with Crippen molar-refractivity contribution in [1.82, 2.24) is 28.5 Å². The van der Waals surface area contributed by atoms with Gasteiger partial charge in [0.2, 0.25) is 0 Å². The third kappa shape index (κ3) is 5.90. The van der Waals surface area contributed by atoms with Crippen LogP contribution < -0.4 is 31.8 Å². The number of para-hydroxylation sites is 1. The summed E-state index contributed by atoms with van der Waals surface area (Å²) in [6, 6.07) is 19.3. The maximum Gasteiger partial charge on any atom is 0.347 e. The van der Waals surface area contributed by atoms with Gasteiger partial charge in [0.05, 0.1) is 54.9 Å². The van der Waals surface area contributed by atoms with Gasteiger partial charge < -0.3 is 19.1 Å². The predicted octanol–water partition coefficient (Wildman–Crippen LogP) is 4.74. The molecule has 17 heteroatoms. The Morgan fingerprint density at radius 3 is 2.36 bits per heavy atom. The lowest BCUT2D eigenvalue weighted by molar-refractivity contribution is -0.138. The molecule has 2 N–H and O–H groups in total. The third-order valence-corrected chi connectivity index (χ3v) is 12.7. The number of fused-ring (bicyclic) bond motifs is 5. The molecule has 2 fully saturated rings. The van der Waals surface area contributed by atoms with E-state index in [4.69, 9.17) is 21.1 Å². The number of carbonyl (C=O) groups is 2. The van der Waals surface area contributed by atoms with Crippen molar-refractivity contribution in [2.75, 3.05) is 19.6 Å². The molecule has 61 heavy (non-hydrogen) atoms. The number of halogens is 2. The molecule has 4 aromatic carbocycles. The van der Waals surface area contributed by atoms with E-state index in [9.17, 15) is 28.7 Å². The van der Waals surface area contributed by atoms with Gasteiger partial charge in [-0.3, -0.25) is 19.8 Å². The molecule has 2 aromatic heterocycles. The van der Waals surface area contributed by atoms with Crippen LogP contribution in [0.2, 0.25) is 5.02 Å². The van der Waals surface area contributed by atoms with Gasteiger partial charge in [-0.2, -0.15) is 5.01 Å². The number of amides is 2. The quantitative estimate of drug-likeness (QED) is 0.153. The minimum atomic E-state index is -1.69. The highest BCUT2D eigenvalue weighted by atomic mass is 35.5. The number of phenols is 1. The molecule has 0 unspecified atom stereocenters. The Morgan fingerprint density at radius 2 is 1.66 bits per heavy atom. The zero-order chi connectivity index (χ0) is 43.1. The van der Waals surface area contributed by atoms with Gasteiger partial charge in [-0.05, 0) is 66.4 Å². The van der Waals surface area contributed by atoms with Crippen LogP contribution in [0, 0.1) is 18.7 Å². The molecule has 4 heterocycles. The smallest absolute Gasteiger partial charge is 0.347 e. The molecule has 0 radical (unpaired) electrons. The Bertz CT molecular complexity index is 3030. The van der Waals surface area contributed by atoms with Crippen molar-refractivity contribution in [3.63, 3.8) is 0 Å². The fourth-order valence-corrected chi connectivity index (χ4v) is 9.63. The van der Waals surface area contributed by atoms with E-state index in [1.807, 2.05) is 0 Å². The first-order valence-electron chi connectivity index (χ1n) is 19.5. The van der Waals surface area contributed by atoms with Crippen LogP contribution in [0.5, 0.6) is 17.2 Å². The summed E-state index contributed by atoms with van der Waals surface area (Å²) in [4.78, 5) is 77.1. The van der Waals surface area contributed by atoms with Crippen LogP contribution in [-0.2, 0) is 41.6 Å². The lowest BCUT2D eigenvalue weighted by Crippen LogP contribution is -2.53. The third-order valence-electron chi connectivity index (χ3n) is 12.4. The summed E-state index contributed by atoms with van der Waals surface area (Å²) in [5.41, 5.74) is 2.65. The largest absolute Gasteiger partial charge is 0.507 e. The van der Waals surface area contributed by atoms with Crippen LogP contribution in [0.25, 0.3) is 11.0 Å². The number of hydrazine groups is 1. The van der Waals surface area contributed by atoms with Crippen LogP contribution >= 0.6 is 11.6 Å². The molecule has 9 rings (SSSR count). The maximum atomic E-state index is 15.3. The molecule has 1 saturated carbocycles. The Morgan fingerprint density at radius 1 is 0.951 bits per heavy atom. The minimum Gasteiger partial charge on any atom is -0.507 e. The second kappa shape index (κ2) is 14.7. The number of benzene rings is 4. The number of anilines is 1. The van der Waals surface area contributed by atoms with Crippen molar-refractivity contribution < 1.29 is 28.6 Å². The zero-order valence-electron chi connectivity index (χ0n) is 33.4. The van der Waals surface area contributed by atoms with Gasteiger partial charge in [-0.15, -0.1) is 0 Å². The van der Waals surface area contributed by atoms with Crippen molar-refractivity contribution >= 4 is 40.1 Å². The average Bonchev–Trinajstić information content (AvgIpc) is 3.63. The molecule has 4 atom stereocenters. The highest BCUT2D eigenvalue weighted by molar-refractivity contribution is 6.30. The lowest BCUT2D eigenvalue weighted by Gasteiger charge is -2.49. The van der Waals surface area contributed by atoms with Crippen LogP contribution in [0.15, 0.2) is 105 Å². The van der Waals surface area contributed by atoms with E-state index in [-0.39, 0.29) is 43.1 Å². The first-order valence-corrected chi connectivity index (χ1v) is 19.9. The van der Waals surface area contributed by atoms with Crippen molar-refractivity contribution in [2.45, 2.75) is 50.2 Å². The standard InChI is InChI=1S/C44H39ClFN7O8/c1-23-6-5-7-29(38(23)54)37-28-16-19-51-42(58)50(18-17-31-40(56)49(2)34-22-36(61-4)35(60-3)21-32(34)47-31)43(59)53(51)33(28)20-30-39(55)52(48-27-14-12-26(46)13-15-27)41(57)44(30,37)24-8-10-25(45)11-9-24/h5-16,21-22,30,33,37,48,54H,17-20H2,1-4H3/t30-,33+,37+,44+/m0/s1. The molecule has 2 amide bonds. The van der Waals surface area contributed by atoms with Gasteiger partial charge >= 0.3 is 11.4 Å². The summed E-state index contributed by atoms with van der Waals surface area (Å²) >= 11 is 6.37. The van der Waals surface area contributed by atoms with Gasteiger partial charge in [0.25, 0.3) is 17.4 Å². The van der Waals surface area contributed by atoms with Crippen molar-refractivity contribution in [2.24, 2.45) is 13.0 Å². The van der Waals surface area contributed by atoms with E-state index >= 15 is 4.79 Å². The molecule has 0 spiro atoms. The number of carbonyl (C=O) groups excluding carboxylic acids is 2. The highest BCUT2D eigenvalue weighted by Gasteiger charge is 2.69. The molecule has 0 bridgehead atoms. The molecule has 3 aliphatic rings. The topological polar surface area (TPSA) is 172 Å². The number of aryl methyl sites for hydroxylation is 3. The van der Waals surface area contributed by atoms with E-state index in [0.717, 1.165) is 9.58 Å². The number of hydrogen-bond acceptors (Lipinski definition) is 10. The van der Waals surface area contributed by atoms with Crippen LogP contribution in [0.4, 0.5) is 10.1 Å². The van der Waals surface area contributed by atoms with Gasteiger partial charge in [-0.25, -0.2) is 32.9 Å². The van der Waals surface area contributed by atoms with Crippen LogP contribution in [0.1, 0.15) is 40.8 Å². The van der Waals surface area contributed by atoms with E-state index in [1.54, 1.807) is 74.6 Å². The summed E-state index contributed by atoms with van der Waals surface area (Å²) in [6.45, 7) is 1.45. The second-order valence-electron chi connectivity index (χ2n) is 15.4. The van der Waals surface area contributed by atoms with Gasteiger partial charge in [0.15, 0.2) is 11.5 Å². The van der Waals surface area contributed by atoms with Gasteiger partial charge in [-0.1, -0.05) is 48.0 Å². The molecule has 6 aromatic rings. The number of nitrogens with zero attached hydrogens (tertiary/aromatic N) is 6. The zero-order valence-corrected chi connectivity index (χ0v) is 34.1. The van der Waals surface area contributed by atoms with Crippen LogP contribution in [0.3, 0.4) is 0 Å². The summed E-state index contributed by atoms with van der Waals surface area (Å²) in [5, 5.41) is 13.1. The number of aromatic hydroxyl groups is 1. The molecule has 1 saturated heterocycles. The van der Waals surface area contributed by atoms with E-state index in [1.165, 1.54) is 52.4 Å². The lowest BCUT2D eigenvalue weighted by atomic mass is 9.53. The number of ether oxygens (including phenoxy) is 2. The minimum absolute atomic E-state index is 0.0693. The number of methoxy groups -OCH3 is 2. The van der Waals surface area contributed by atoms with E-state index in [2.05, 4.69) is 10.4 Å². The van der Waals surface area contributed by atoms with Crippen molar-refractivity contribution in [3.05, 3.63) is 155 Å². The molecule has 2 aliphatic heterocycles. The fraction of sp³-hybridized carbons (Fsp3) is 0.273. The van der Waals surface area contributed by atoms with Crippen molar-refractivity contribution in [3.8, 4) is 17.2 Å². The normalized spacial score (nSPS) is 20.6. The van der Waals surface area contributed by atoms with Gasteiger partial charge in [0, 0.05) is 48.6 Å². The Balaban J connectivity index is 1.17. The number of rotatable bonds is 9. The monoisotopic (exact) mass is 847 g/mol. The molecule has 1 aliphatic carbocycles. The number of allylic oxidation sites excluding steroid dienone is 2. The SMILES string of the molecule is COc1cc2nc(CCn3c(=O)n4n(c3=O)[C@@H]3C[C@H]5C(=O)N(Nc6ccc(F)cc6)C(=O)[C@@]5(c5ccc(Cl)cc5)[C@@H](c5cccc(C)c5O)C3=CC4)c(=O)n(C)c2cc1OC. The number of phenolic OH excluding ortho intramolecular Hbond substituents is 1. The highest BCUT2D eigenvalue weighted by Crippen LogP contribution is 2.63. The number of imide groups is 1. The summed E-state index contributed by atoms with van der Waals surface area (Å²) in [5.74, 6) is -3.23. The molecule has 15 nitrogen and oxygen atoms in total. The summed E-state index contributed by atoms with van der Waals surface area (Å²) in [7, 11) is 4.56. The summed E-state index contributed by atoms with van der Waals surface area (Å²) < 4.78 is 29.9. The fourth-order valence-electron chi connectivity index (χ4n) is 9.51. The molecular formula is C44H39ClFN7O8. The number of nitrogens with one attached hydrogen (secondary N) is 1. The molecule has 312 valence electrons. The van der Waals surface area contributed by atoms with Gasteiger partial charge in [0.1, 0.15) is 17.3 Å². The maximum absolute atomic E-state index is 15.3. The van der Waals surface area contributed by atoms with Crippen molar-refractivity contribution in [1.29, 1.82) is 0 Å². The van der Waals surface area contributed by atoms with Crippen LogP contribution in [-0.4, -0.2) is 59.6 Å². The first-order chi connectivity index (χ1) is 29.3. The summed E-state index contributed by atoms with van der Waals surface area (Å²) in [6.07, 6.45) is 1.62. The van der Waals surface area contributed by atoms with E-state index in [0.29, 0.717) is 49.8 Å².